The van der Waals surface area contributed by atoms with E-state index in [1.807, 2.05) is 4.90 Å². The Labute approximate surface area is 233 Å². The number of pyridine rings is 1. The third-order valence-electron chi connectivity index (χ3n) is 5.91. The lowest BCUT2D eigenvalue weighted by Gasteiger charge is -2.38. The van der Waals surface area contributed by atoms with E-state index in [-0.39, 0.29) is 46.2 Å². The molecule has 4 heterocycles. The van der Waals surface area contributed by atoms with E-state index in [1.54, 1.807) is 19.9 Å². The average molecular weight is 582 g/mol. The lowest BCUT2D eigenvalue weighted by molar-refractivity contribution is 0.0355. The standard InChI is InChI=1S/C25H26Cl2FN5O4S/c1-4-11-37-16-12-33(10-8-15(16)31-23(34)20-18(27)17(26)13(3)30-20)25-32-21(19-14(28)7-6-9-29-19)22(38-25)24(35)36-5-2/h4,6-7,9,15-16,30H,1,5,8,10-12H2,2-3H3,(H,31,34)/t15-,16+/m1/s1. The van der Waals surface area contributed by atoms with Gasteiger partial charge in [0, 0.05) is 25.0 Å². The average Bonchev–Trinajstić information content (AvgIpc) is 3.46. The van der Waals surface area contributed by atoms with Gasteiger partial charge >= 0.3 is 5.97 Å². The maximum Gasteiger partial charge on any atom is 0.350 e. The summed E-state index contributed by atoms with van der Waals surface area (Å²) < 4.78 is 25.7. The molecule has 202 valence electrons. The highest BCUT2D eigenvalue weighted by Crippen LogP contribution is 2.36. The molecule has 0 radical (unpaired) electrons. The second-order valence-corrected chi connectivity index (χ2v) is 10.2. The topological polar surface area (TPSA) is 109 Å². The number of amides is 1. The lowest BCUT2D eigenvalue weighted by atomic mass is 10.0. The van der Waals surface area contributed by atoms with Crippen molar-refractivity contribution in [1.82, 2.24) is 20.3 Å². The molecule has 4 rings (SSSR count). The molecule has 0 aromatic carbocycles. The van der Waals surface area contributed by atoms with Crippen LogP contribution in [0, 0.1) is 12.7 Å². The zero-order valence-electron chi connectivity index (χ0n) is 20.7. The number of aryl methyl sites for hydroxylation is 1. The molecule has 0 saturated carbocycles. The van der Waals surface area contributed by atoms with E-state index in [9.17, 15) is 14.0 Å². The van der Waals surface area contributed by atoms with Crippen LogP contribution in [0.25, 0.3) is 11.4 Å². The second-order valence-electron chi connectivity index (χ2n) is 8.46. The van der Waals surface area contributed by atoms with E-state index < -0.39 is 23.8 Å². The first kappa shape index (κ1) is 28.0. The molecule has 1 saturated heterocycles. The molecule has 0 aliphatic carbocycles. The Balaban J connectivity index is 1.59. The van der Waals surface area contributed by atoms with E-state index in [1.165, 1.54) is 18.3 Å². The fourth-order valence-corrected chi connectivity index (χ4v) is 5.50. The molecule has 0 bridgehead atoms. The van der Waals surface area contributed by atoms with Gasteiger partial charge in [-0.05, 0) is 32.4 Å². The van der Waals surface area contributed by atoms with E-state index in [0.29, 0.717) is 35.4 Å². The highest BCUT2D eigenvalue weighted by atomic mass is 35.5. The number of H-pyrrole nitrogens is 1. The molecule has 1 fully saturated rings. The van der Waals surface area contributed by atoms with Crippen LogP contribution in [0.2, 0.25) is 10.0 Å². The molecule has 0 unspecified atom stereocenters. The molecule has 9 nitrogen and oxygen atoms in total. The van der Waals surface area contributed by atoms with Crippen LogP contribution in [-0.4, -0.2) is 65.3 Å². The second kappa shape index (κ2) is 12.2. The summed E-state index contributed by atoms with van der Waals surface area (Å²) in [4.78, 5) is 39.3. The highest BCUT2D eigenvalue weighted by Gasteiger charge is 2.35. The minimum Gasteiger partial charge on any atom is -0.462 e. The third kappa shape index (κ3) is 5.85. The van der Waals surface area contributed by atoms with Gasteiger partial charge in [-0.3, -0.25) is 9.78 Å². The fraction of sp³-hybridized carbons (Fsp3) is 0.360. The molecule has 13 heteroatoms. The zero-order valence-corrected chi connectivity index (χ0v) is 23.1. The van der Waals surface area contributed by atoms with Gasteiger partial charge in [-0.15, -0.1) is 6.58 Å². The van der Waals surface area contributed by atoms with Gasteiger partial charge in [0.1, 0.15) is 22.0 Å². The number of rotatable bonds is 9. The number of carbonyl (C=O) groups is 2. The van der Waals surface area contributed by atoms with Gasteiger partial charge in [-0.1, -0.05) is 40.6 Å². The molecule has 1 aliphatic heterocycles. The molecule has 1 aliphatic rings. The quantitative estimate of drug-likeness (QED) is 0.269. The number of anilines is 1. The Hall–Kier alpha value is -2.99. The Morgan fingerprint density at radius 2 is 2.16 bits per heavy atom. The van der Waals surface area contributed by atoms with Gasteiger partial charge in [-0.2, -0.15) is 0 Å². The zero-order chi connectivity index (χ0) is 27.4. The van der Waals surface area contributed by atoms with E-state index in [0.717, 1.165) is 11.3 Å². The first-order valence-electron chi connectivity index (χ1n) is 11.9. The van der Waals surface area contributed by atoms with Crippen LogP contribution < -0.4 is 10.2 Å². The number of halogens is 3. The normalized spacial score (nSPS) is 17.3. The van der Waals surface area contributed by atoms with Crippen molar-refractivity contribution in [2.24, 2.45) is 0 Å². The van der Waals surface area contributed by atoms with E-state index in [2.05, 4.69) is 26.8 Å². The van der Waals surface area contributed by atoms with Crippen LogP contribution in [0.1, 0.15) is 39.2 Å². The number of thiazole rings is 1. The number of hydrogen-bond donors (Lipinski definition) is 2. The number of esters is 1. The highest BCUT2D eigenvalue weighted by molar-refractivity contribution is 7.17. The Morgan fingerprint density at radius 1 is 1.37 bits per heavy atom. The van der Waals surface area contributed by atoms with Crippen LogP contribution in [0.5, 0.6) is 0 Å². The molecular weight excluding hydrogens is 556 g/mol. The molecule has 38 heavy (non-hydrogen) atoms. The number of carbonyl (C=O) groups excluding carboxylic acids is 2. The lowest BCUT2D eigenvalue weighted by Crippen LogP contribution is -2.55. The molecule has 2 N–H and O–H groups in total. The summed E-state index contributed by atoms with van der Waals surface area (Å²) >= 11 is 13.4. The van der Waals surface area contributed by atoms with Gasteiger partial charge in [0.2, 0.25) is 0 Å². The number of aromatic amines is 1. The largest absolute Gasteiger partial charge is 0.462 e. The molecule has 3 aromatic heterocycles. The summed E-state index contributed by atoms with van der Waals surface area (Å²) in [6, 6.07) is 2.37. The van der Waals surface area contributed by atoms with Crippen molar-refractivity contribution in [3.8, 4) is 11.4 Å². The van der Waals surface area contributed by atoms with Gasteiger partial charge in [0.05, 0.1) is 35.4 Å². The summed E-state index contributed by atoms with van der Waals surface area (Å²) in [6.07, 6.45) is 3.11. The predicted molar refractivity (Wildman–Crippen MR) is 145 cm³/mol. The number of nitrogens with zero attached hydrogens (tertiary/aromatic N) is 3. The number of hydrogen-bond acceptors (Lipinski definition) is 8. The molecule has 0 spiro atoms. The van der Waals surface area contributed by atoms with Crippen LogP contribution in [0.3, 0.4) is 0 Å². The SMILES string of the molecule is C=CCO[C@H]1CN(c2nc(-c3ncccc3F)c(C(=O)OCC)s2)CC[C@H]1NC(=O)c1[nH]c(C)c(Cl)c1Cl. The Kier molecular flexibility index (Phi) is 9.03. The molecule has 1 amide bonds. The smallest absolute Gasteiger partial charge is 0.350 e. The minimum absolute atomic E-state index is 0.0311. The van der Waals surface area contributed by atoms with Gasteiger partial charge in [0.15, 0.2) is 10.9 Å². The van der Waals surface area contributed by atoms with Crippen LogP contribution >= 0.6 is 34.5 Å². The van der Waals surface area contributed by atoms with Crippen molar-refractivity contribution in [1.29, 1.82) is 0 Å². The van der Waals surface area contributed by atoms with Crippen molar-refractivity contribution in [2.75, 3.05) is 31.2 Å². The van der Waals surface area contributed by atoms with Crippen LogP contribution in [-0.2, 0) is 9.47 Å². The number of piperidine rings is 1. The molecule has 3 aromatic rings. The van der Waals surface area contributed by atoms with Crippen molar-refractivity contribution in [2.45, 2.75) is 32.4 Å². The summed E-state index contributed by atoms with van der Waals surface area (Å²) in [6.45, 7) is 8.37. The summed E-state index contributed by atoms with van der Waals surface area (Å²) in [5.41, 5.74) is 0.864. The molecular formula is C25H26Cl2FN5O4S. The van der Waals surface area contributed by atoms with Crippen LogP contribution in [0.15, 0.2) is 31.0 Å². The Morgan fingerprint density at radius 3 is 2.82 bits per heavy atom. The number of nitrogens with one attached hydrogen (secondary N) is 2. The van der Waals surface area contributed by atoms with E-state index in [4.69, 9.17) is 32.7 Å². The van der Waals surface area contributed by atoms with Crippen molar-refractivity contribution in [3.05, 3.63) is 63.1 Å². The molecule has 2 atom stereocenters. The first-order chi connectivity index (χ1) is 18.2. The van der Waals surface area contributed by atoms with Gasteiger partial charge < -0.3 is 24.7 Å². The number of ether oxygens (including phenoxy) is 2. The van der Waals surface area contributed by atoms with Gasteiger partial charge in [-0.25, -0.2) is 14.2 Å². The summed E-state index contributed by atoms with van der Waals surface area (Å²) in [7, 11) is 0. The maximum atomic E-state index is 14.6. The number of aromatic nitrogens is 3. The maximum absolute atomic E-state index is 14.6. The third-order valence-corrected chi connectivity index (χ3v) is 7.96. The van der Waals surface area contributed by atoms with Gasteiger partial charge in [0.25, 0.3) is 5.91 Å². The summed E-state index contributed by atoms with van der Waals surface area (Å²) in [5, 5.41) is 3.93. The van der Waals surface area contributed by atoms with Crippen molar-refractivity contribution in [3.63, 3.8) is 0 Å². The minimum atomic E-state index is -0.602. The van der Waals surface area contributed by atoms with Crippen molar-refractivity contribution >= 4 is 51.5 Å². The first-order valence-corrected chi connectivity index (χ1v) is 13.4. The monoisotopic (exact) mass is 581 g/mol. The van der Waals surface area contributed by atoms with Crippen LogP contribution in [0.4, 0.5) is 9.52 Å². The predicted octanol–water partition coefficient (Wildman–Crippen LogP) is 5.04. The fourth-order valence-electron chi connectivity index (χ4n) is 4.08. The Bertz CT molecular complexity index is 1350. The van der Waals surface area contributed by atoms with Crippen molar-refractivity contribution < 1.29 is 23.5 Å². The van der Waals surface area contributed by atoms with E-state index >= 15 is 0 Å². The summed E-state index contributed by atoms with van der Waals surface area (Å²) in [5.74, 6) is -1.60.